The Labute approximate surface area is 161 Å². The number of carbonyl (C=O) groups is 1. The zero-order valence-electron chi connectivity index (χ0n) is 14.4. The molecule has 2 aromatic rings. The first kappa shape index (κ1) is 19.7. The molecular formula is C18H17ClF2N2O3S. The Morgan fingerprint density at radius 2 is 1.96 bits per heavy atom. The van der Waals surface area contributed by atoms with Crippen molar-refractivity contribution < 1.29 is 22.0 Å². The fourth-order valence-corrected chi connectivity index (χ4v) is 5.11. The van der Waals surface area contributed by atoms with Crippen LogP contribution >= 0.6 is 11.6 Å². The van der Waals surface area contributed by atoms with Crippen LogP contribution in [0.2, 0.25) is 5.02 Å². The Morgan fingerprint density at radius 1 is 1.22 bits per heavy atom. The van der Waals surface area contributed by atoms with Gasteiger partial charge >= 0.3 is 0 Å². The highest BCUT2D eigenvalue weighted by Gasteiger charge is 2.34. The number of hydrogen-bond donors (Lipinski definition) is 1. The van der Waals surface area contributed by atoms with Crippen LogP contribution in [0.5, 0.6) is 0 Å². The Hall–Kier alpha value is -2.03. The molecule has 1 N–H and O–H groups in total. The third kappa shape index (κ3) is 4.12. The van der Waals surface area contributed by atoms with Crippen molar-refractivity contribution in [3.05, 3.63) is 53.1 Å². The van der Waals surface area contributed by atoms with Crippen molar-refractivity contribution in [1.29, 1.82) is 0 Å². The lowest BCUT2D eigenvalue weighted by Crippen LogP contribution is -2.37. The second-order valence-electron chi connectivity index (χ2n) is 6.32. The standard InChI is InChI=1S/C18H17ClF2N2O3S/c1-11(24)22-14-6-7-23(10-14)27(25,26)18-5-2-12(8-16(18)19)15-4-3-13(20)9-17(15)21/h2-5,8-9,14H,6-7,10H2,1H3,(H,22,24). The quantitative estimate of drug-likeness (QED) is 0.835. The lowest BCUT2D eigenvalue weighted by Gasteiger charge is -2.18. The number of rotatable bonds is 4. The number of carbonyl (C=O) groups excluding carboxylic acids is 1. The number of halogens is 3. The predicted octanol–water partition coefficient (Wildman–Crippen LogP) is 3.18. The molecule has 0 radical (unpaired) electrons. The molecule has 5 nitrogen and oxygen atoms in total. The number of amides is 1. The summed E-state index contributed by atoms with van der Waals surface area (Å²) in [6, 6.07) is 6.96. The number of nitrogens with one attached hydrogen (secondary N) is 1. The maximum absolute atomic E-state index is 14.0. The first-order valence-electron chi connectivity index (χ1n) is 8.20. The molecule has 0 aliphatic carbocycles. The van der Waals surface area contributed by atoms with Gasteiger partial charge in [-0.2, -0.15) is 4.31 Å². The second-order valence-corrected chi connectivity index (χ2v) is 8.63. The van der Waals surface area contributed by atoms with Crippen molar-refractivity contribution in [3.8, 4) is 11.1 Å². The third-order valence-electron chi connectivity index (χ3n) is 4.35. The fourth-order valence-electron chi connectivity index (χ4n) is 3.09. The molecule has 3 rings (SSSR count). The molecule has 1 unspecified atom stereocenters. The number of nitrogens with zero attached hydrogens (tertiary/aromatic N) is 1. The van der Waals surface area contributed by atoms with E-state index in [0.29, 0.717) is 12.0 Å². The van der Waals surface area contributed by atoms with Crippen LogP contribution in [0.1, 0.15) is 13.3 Å². The van der Waals surface area contributed by atoms with Crippen molar-refractivity contribution >= 4 is 27.5 Å². The summed E-state index contributed by atoms with van der Waals surface area (Å²) in [5.74, 6) is -1.69. The van der Waals surface area contributed by atoms with Gasteiger partial charge in [0.1, 0.15) is 16.5 Å². The monoisotopic (exact) mass is 414 g/mol. The normalized spacial score (nSPS) is 17.9. The van der Waals surface area contributed by atoms with E-state index in [1.807, 2.05) is 0 Å². The van der Waals surface area contributed by atoms with Crippen molar-refractivity contribution in [1.82, 2.24) is 9.62 Å². The number of benzene rings is 2. The van der Waals surface area contributed by atoms with Gasteiger partial charge < -0.3 is 5.32 Å². The third-order valence-corrected chi connectivity index (χ3v) is 6.70. The van der Waals surface area contributed by atoms with Gasteiger partial charge in [0.15, 0.2) is 0 Å². The first-order chi connectivity index (χ1) is 12.7. The fraction of sp³-hybridized carbons (Fsp3) is 0.278. The summed E-state index contributed by atoms with van der Waals surface area (Å²) < 4.78 is 54.0. The smallest absolute Gasteiger partial charge is 0.244 e. The lowest BCUT2D eigenvalue weighted by atomic mass is 10.1. The average Bonchev–Trinajstić information content (AvgIpc) is 3.03. The predicted molar refractivity (Wildman–Crippen MR) is 97.8 cm³/mol. The van der Waals surface area contributed by atoms with Crippen LogP contribution in [-0.2, 0) is 14.8 Å². The Kier molecular flexibility index (Phi) is 5.50. The Bertz CT molecular complexity index is 998. The molecule has 1 saturated heterocycles. The number of hydrogen-bond acceptors (Lipinski definition) is 3. The zero-order valence-corrected chi connectivity index (χ0v) is 15.9. The van der Waals surface area contributed by atoms with Gasteiger partial charge in [-0.25, -0.2) is 17.2 Å². The van der Waals surface area contributed by atoms with Crippen molar-refractivity contribution in [2.75, 3.05) is 13.1 Å². The highest BCUT2D eigenvalue weighted by Crippen LogP contribution is 2.32. The Morgan fingerprint density at radius 3 is 2.59 bits per heavy atom. The van der Waals surface area contributed by atoms with Crippen LogP contribution in [0, 0.1) is 11.6 Å². The molecule has 2 aromatic carbocycles. The van der Waals surface area contributed by atoms with Crippen molar-refractivity contribution in [2.45, 2.75) is 24.3 Å². The Balaban J connectivity index is 1.88. The van der Waals surface area contributed by atoms with Crippen molar-refractivity contribution in [2.24, 2.45) is 0 Å². The van der Waals surface area contributed by atoms with Gasteiger partial charge in [0, 0.05) is 37.7 Å². The van der Waals surface area contributed by atoms with Crippen LogP contribution in [0.15, 0.2) is 41.3 Å². The highest BCUT2D eigenvalue weighted by molar-refractivity contribution is 7.89. The highest BCUT2D eigenvalue weighted by atomic mass is 35.5. The molecule has 1 fully saturated rings. The van der Waals surface area contributed by atoms with E-state index in [2.05, 4.69) is 5.32 Å². The average molecular weight is 415 g/mol. The molecule has 1 amide bonds. The summed E-state index contributed by atoms with van der Waals surface area (Å²) in [7, 11) is -3.86. The van der Waals surface area contributed by atoms with Crippen LogP contribution < -0.4 is 5.32 Å². The minimum atomic E-state index is -3.86. The molecule has 144 valence electrons. The molecule has 27 heavy (non-hydrogen) atoms. The maximum Gasteiger partial charge on any atom is 0.244 e. The summed E-state index contributed by atoms with van der Waals surface area (Å²) in [6.07, 6.45) is 0.509. The molecular weight excluding hydrogens is 398 g/mol. The van der Waals surface area contributed by atoms with Gasteiger partial charge in [-0.05, 0) is 36.2 Å². The van der Waals surface area contributed by atoms with E-state index in [1.54, 1.807) is 0 Å². The molecule has 1 atom stereocenters. The molecule has 1 aliphatic heterocycles. The van der Waals surface area contributed by atoms with E-state index in [9.17, 15) is 22.0 Å². The van der Waals surface area contributed by atoms with Gasteiger partial charge in [0.2, 0.25) is 15.9 Å². The lowest BCUT2D eigenvalue weighted by molar-refractivity contribution is -0.119. The second kappa shape index (κ2) is 7.53. The van der Waals surface area contributed by atoms with Gasteiger partial charge in [-0.15, -0.1) is 0 Å². The van der Waals surface area contributed by atoms with Gasteiger partial charge in [-0.1, -0.05) is 17.7 Å². The summed E-state index contributed by atoms with van der Waals surface area (Å²) in [5.41, 5.74) is 0.461. The van der Waals surface area contributed by atoms with E-state index >= 15 is 0 Å². The van der Waals surface area contributed by atoms with Gasteiger partial charge in [0.05, 0.1) is 5.02 Å². The summed E-state index contributed by atoms with van der Waals surface area (Å²) in [5, 5.41) is 2.64. The summed E-state index contributed by atoms with van der Waals surface area (Å²) in [4.78, 5) is 11.0. The van der Waals surface area contributed by atoms with Gasteiger partial charge in [0.25, 0.3) is 0 Å². The topological polar surface area (TPSA) is 66.5 Å². The minimum absolute atomic E-state index is 0.0563. The summed E-state index contributed by atoms with van der Waals surface area (Å²) in [6.45, 7) is 1.80. The zero-order chi connectivity index (χ0) is 19.8. The minimum Gasteiger partial charge on any atom is -0.352 e. The molecule has 0 aromatic heterocycles. The van der Waals surface area contributed by atoms with E-state index < -0.39 is 21.7 Å². The SMILES string of the molecule is CC(=O)NC1CCN(S(=O)(=O)c2ccc(-c3ccc(F)cc3F)cc2Cl)C1. The van der Waals surface area contributed by atoms with E-state index in [4.69, 9.17) is 11.6 Å². The summed E-state index contributed by atoms with van der Waals surface area (Å²) >= 11 is 6.17. The van der Waals surface area contributed by atoms with E-state index in [-0.39, 0.29) is 40.5 Å². The molecule has 1 heterocycles. The molecule has 1 aliphatic rings. The molecule has 0 saturated carbocycles. The first-order valence-corrected chi connectivity index (χ1v) is 10.0. The van der Waals surface area contributed by atoms with Crippen molar-refractivity contribution in [3.63, 3.8) is 0 Å². The van der Waals surface area contributed by atoms with Crippen LogP contribution in [0.4, 0.5) is 8.78 Å². The van der Waals surface area contributed by atoms with Gasteiger partial charge in [-0.3, -0.25) is 4.79 Å². The largest absolute Gasteiger partial charge is 0.352 e. The molecule has 0 spiro atoms. The maximum atomic E-state index is 14.0. The number of sulfonamides is 1. The van der Waals surface area contributed by atoms with Crippen LogP contribution in [0.25, 0.3) is 11.1 Å². The molecule has 9 heteroatoms. The molecule has 0 bridgehead atoms. The van der Waals surface area contributed by atoms with Crippen LogP contribution in [-0.4, -0.2) is 37.8 Å². The van der Waals surface area contributed by atoms with E-state index in [0.717, 1.165) is 12.1 Å². The van der Waals surface area contributed by atoms with Crippen LogP contribution in [0.3, 0.4) is 0 Å². The van der Waals surface area contributed by atoms with E-state index in [1.165, 1.54) is 35.5 Å².